The number of nitrogens with two attached hydrogens (primary N) is 1. The van der Waals surface area contributed by atoms with Crippen molar-refractivity contribution in [3.8, 4) is 17.9 Å². The summed E-state index contributed by atoms with van der Waals surface area (Å²) in [5.41, 5.74) is 6.44. The lowest BCUT2D eigenvalue weighted by molar-refractivity contribution is 0.413. The van der Waals surface area contributed by atoms with E-state index in [0.717, 1.165) is 0 Å². The maximum atomic E-state index is 8.68. The third kappa shape index (κ3) is 1.52. The second-order valence-electron chi connectivity index (χ2n) is 2.36. The van der Waals surface area contributed by atoms with E-state index in [4.69, 9.17) is 21.0 Å². The Balaban J connectivity index is 3.39. The summed E-state index contributed by atoms with van der Waals surface area (Å²) in [6, 6.07) is 6.69. The second kappa shape index (κ2) is 3.46. The Morgan fingerprint density at radius 2 is 1.85 bits per heavy atom. The monoisotopic (exact) mass is 173 g/mol. The summed E-state index contributed by atoms with van der Waals surface area (Å²) >= 11 is 0. The van der Waals surface area contributed by atoms with Crippen LogP contribution in [0.3, 0.4) is 0 Å². The second-order valence-corrected chi connectivity index (χ2v) is 2.36. The van der Waals surface area contributed by atoms with Crippen LogP contribution < -0.4 is 10.5 Å². The molecule has 1 rings (SSSR count). The molecular weight excluding hydrogens is 166 g/mol. The topological polar surface area (TPSA) is 82.8 Å². The number of anilines is 1. The maximum Gasteiger partial charge on any atom is 0.138 e. The number of rotatable bonds is 1. The van der Waals surface area contributed by atoms with E-state index >= 15 is 0 Å². The van der Waals surface area contributed by atoms with E-state index in [9.17, 15) is 0 Å². The molecule has 2 N–H and O–H groups in total. The van der Waals surface area contributed by atoms with Gasteiger partial charge in [0, 0.05) is 6.07 Å². The smallest absolute Gasteiger partial charge is 0.138 e. The fourth-order valence-corrected chi connectivity index (χ4v) is 0.949. The van der Waals surface area contributed by atoms with Crippen molar-refractivity contribution in [1.82, 2.24) is 0 Å². The Kier molecular flexibility index (Phi) is 2.37. The summed E-state index contributed by atoms with van der Waals surface area (Å²) in [4.78, 5) is 0. The Hall–Kier alpha value is -2.20. The standard InChI is InChI=1S/C9H7N3O/c1-13-9-3-8(12)6(4-10)2-7(9)5-11/h2-3H,12H2,1H3. The van der Waals surface area contributed by atoms with Crippen LogP contribution in [0.25, 0.3) is 0 Å². The molecule has 0 aliphatic heterocycles. The zero-order valence-electron chi connectivity index (χ0n) is 7.03. The molecule has 13 heavy (non-hydrogen) atoms. The Morgan fingerprint density at radius 1 is 1.23 bits per heavy atom. The molecule has 0 atom stereocenters. The first-order valence-corrected chi connectivity index (χ1v) is 3.50. The first-order chi connectivity index (χ1) is 6.22. The van der Waals surface area contributed by atoms with E-state index in [1.54, 1.807) is 0 Å². The molecule has 0 aliphatic rings. The number of nitriles is 2. The summed E-state index contributed by atoms with van der Waals surface area (Å²) in [6.07, 6.45) is 0. The van der Waals surface area contributed by atoms with Crippen molar-refractivity contribution < 1.29 is 4.74 Å². The molecule has 0 saturated carbocycles. The molecule has 1 aromatic carbocycles. The van der Waals surface area contributed by atoms with Gasteiger partial charge in [0.05, 0.1) is 23.9 Å². The van der Waals surface area contributed by atoms with Gasteiger partial charge in [-0.1, -0.05) is 0 Å². The van der Waals surface area contributed by atoms with Crippen molar-refractivity contribution in [3.05, 3.63) is 23.3 Å². The predicted octanol–water partition coefficient (Wildman–Crippen LogP) is 1.02. The van der Waals surface area contributed by atoms with Gasteiger partial charge in [-0.3, -0.25) is 0 Å². The summed E-state index contributed by atoms with van der Waals surface area (Å²) < 4.78 is 4.90. The van der Waals surface area contributed by atoms with Crippen molar-refractivity contribution in [1.29, 1.82) is 10.5 Å². The lowest BCUT2D eigenvalue weighted by Gasteiger charge is -2.04. The molecule has 0 amide bonds. The van der Waals surface area contributed by atoms with Crippen molar-refractivity contribution in [2.45, 2.75) is 0 Å². The molecule has 0 heterocycles. The number of hydrogen-bond acceptors (Lipinski definition) is 4. The van der Waals surface area contributed by atoms with E-state index in [2.05, 4.69) is 0 Å². The Labute approximate surface area is 75.8 Å². The largest absolute Gasteiger partial charge is 0.495 e. The molecule has 0 saturated heterocycles. The lowest BCUT2D eigenvalue weighted by Crippen LogP contribution is -1.95. The van der Waals surface area contributed by atoms with Crippen LogP contribution in [-0.4, -0.2) is 7.11 Å². The van der Waals surface area contributed by atoms with Crippen LogP contribution in [0.5, 0.6) is 5.75 Å². The van der Waals surface area contributed by atoms with E-state index in [0.29, 0.717) is 17.0 Å². The van der Waals surface area contributed by atoms with Crippen LogP contribution in [0.4, 0.5) is 5.69 Å². The lowest BCUT2D eigenvalue weighted by atomic mass is 10.1. The van der Waals surface area contributed by atoms with Crippen molar-refractivity contribution in [2.75, 3.05) is 12.8 Å². The first kappa shape index (κ1) is 8.89. The fraction of sp³-hybridized carbons (Fsp3) is 0.111. The molecule has 0 spiro atoms. The predicted molar refractivity (Wildman–Crippen MR) is 46.8 cm³/mol. The van der Waals surface area contributed by atoms with Gasteiger partial charge in [-0.2, -0.15) is 10.5 Å². The third-order valence-electron chi connectivity index (χ3n) is 1.61. The number of hydrogen-bond donors (Lipinski definition) is 1. The molecule has 64 valence electrons. The van der Waals surface area contributed by atoms with Crippen LogP contribution in [0.1, 0.15) is 11.1 Å². The zero-order chi connectivity index (χ0) is 9.84. The molecule has 4 heteroatoms. The SMILES string of the molecule is COc1cc(N)c(C#N)cc1C#N. The molecule has 4 nitrogen and oxygen atoms in total. The highest BCUT2D eigenvalue weighted by molar-refractivity contribution is 5.62. The Bertz CT molecular complexity index is 412. The highest BCUT2D eigenvalue weighted by atomic mass is 16.5. The molecule has 0 radical (unpaired) electrons. The molecule has 0 aromatic heterocycles. The van der Waals surface area contributed by atoms with Gasteiger partial charge < -0.3 is 10.5 Å². The maximum absolute atomic E-state index is 8.68. The highest BCUT2D eigenvalue weighted by Crippen LogP contribution is 2.23. The van der Waals surface area contributed by atoms with Crippen LogP contribution in [0.15, 0.2) is 12.1 Å². The molecular formula is C9H7N3O. The third-order valence-corrected chi connectivity index (χ3v) is 1.61. The summed E-state index contributed by atoms with van der Waals surface area (Å²) in [5, 5.41) is 17.3. The van der Waals surface area contributed by atoms with Gasteiger partial charge in [-0.05, 0) is 6.07 Å². The molecule has 1 aromatic rings. The molecule has 0 aliphatic carbocycles. The molecule has 0 fully saturated rings. The van der Waals surface area contributed by atoms with Crippen molar-refractivity contribution >= 4 is 5.69 Å². The Morgan fingerprint density at radius 3 is 2.31 bits per heavy atom. The van der Waals surface area contributed by atoms with E-state index in [-0.39, 0.29) is 5.56 Å². The van der Waals surface area contributed by atoms with E-state index < -0.39 is 0 Å². The van der Waals surface area contributed by atoms with Gasteiger partial charge in [-0.25, -0.2) is 0 Å². The summed E-state index contributed by atoms with van der Waals surface area (Å²) in [5.74, 6) is 0.388. The quantitative estimate of drug-likeness (QED) is 0.642. The molecule has 0 bridgehead atoms. The number of nitrogens with zero attached hydrogens (tertiary/aromatic N) is 2. The normalized spacial score (nSPS) is 8.54. The van der Waals surface area contributed by atoms with Crippen molar-refractivity contribution in [3.63, 3.8) is 0 Å². The number of ether oxygens (including phenoxy) is 1. The van der Waals surface area contributed by atoms with Crippen LogP contribution in [-0.2, 0) is 0 Å². The van der Waals surface area contributed by atoms with Crippen LogP contribution in [0, 0.1) is 22.7 Å². The average molecular weight is 173 g/mol. The van der Waals surface area contributed by atoms with Crippen LogP contribution >= 0.6 is 0 Å². The van der Waals surface area contributed by atoms with Crippen molar-refractivity contribution in [2.24, 2.45) is 0 Å². The average Bonchev–Trinajstić information content (AvgIpc) is 2.17. The van der Waals surface area contributed by atoms with Gasteiger partial charge in [0.1, 0.15) is 17.9 Å². The fourth-order valence-electron chi connectivity index (χ4n) is 0.949. The van der Waals surface area contributed by atoms with E-state index in [1.807, 2.05) is 12.1 Å². The number of benzene rings is 1. The minimum atomic E-state index is 0.289. The first-order valence-electron chi connectivity index (χ1n) is 3.50. The van der Waals surface area contributed by atoms with Gasteiger partial charge in [0.2, 0.25) is 0 Å². The minimum Gasteiger partial charge on any atom is -0.495 e. The highest BCUT2D eigenvalue weighted by Gasteiger charge is 2.07. The summed E-state index contributed by atoms with van der Waals surface area (Å²) in [7, 11) is 1.45. The van der Waals surface area contributed by atoms with E-state index in [1.165, 1.54) is 19.2 Å². The van der Waals surface area contributed by atoms with Gasteiger partial charge in [0.25, 0.3) is 0 Å². The summed E-state index contributed by atoms with van der Waals surface area (Å²) in [6.45, 7) is 0. The van der Waals surface area contributed by atoms with Crippen LogP contribution in [0.2, 0.25) is 0 Å². The molecule has 0 unspecified atom stereocenters. The minimum absolute atomic E-state index is 0.289. The van der Waals surface area contributed by atoms with Gasteiger partial charge in [0.15, 0.2) is 0 Å². The van der Waals surface area contributed by atoms with Gasteiger partial charge in [-0.15, -0.1) is 0 Å². The zero-order valence-corrected chi connectivity index (χ0v) is 7.03. The number of methoxy groups -OCH3 is 1. The number of nitrogen functional groups attached to an aromatic ring is 1. The van der Waals surface area contributed by atoms with Gasteiger partial charge >= 0.3 is 0 Å².